The number of hydrogen-bond donors (Lipinski definition) is 2. The molecule has 0 aliphatic heterocycles. The van der Waals surface area contributed by atoms with Crippen LogP contribution in [0.15, 0.2) is 115 Å². The van der Waals surface area contributed by atoms with Gasteiger partial charge in [0.2, 0.25) is 0 Å². The number of nitrogens with one attached hydrogen (secondary N) is 2. The maximum Gasteiger partial charge on any atom is 0.272 e. The van der Waals surface area contributed by atoms with Gasteiger partial charge in [-0.25, -0.2) is 0 Å². The summed E-state index contributed by atoms with van der Waals surface area (Å²) in [5.41, 5.74) is 3.89. The smallest absolute Gasteiger partial charge is 0.272 e. The molecule has 0 heterocycles. The van der Waals surface area contributed by atoms with Gasteiger partial charge in [0.05, 0.1) is 0 Å². The van der Waals surface area contributed by atoms with Crippen LogP contribution in [0.1, 0.15) is 39.9 Å². The molecule has 0 saturated carbocycles. The van der Waals surface area contributed by atoms with Gasteiger partial charge in [0.1, 0.15) is 11.5 Å². The Labute approximate surface area is 233 Å². The molecule has 4 rings (SSSR count). The van der Waals surface area contributed by atoms with Gasteiger partial charge in [-0.3, -0.25) is 14.4 Å². The Balaban J connectivity index is 1.38. The first-order valence-electron chi connectivity index (χ1n) is 12.8. The molecule has 0 atom stereocenters. The molecule has 0 spiro atoms. The minimum Gasteiger partial charge on any atom is -0.321 e. The van der Waals surface area contributed by atoms with Crippen LogP contribution in [-0.2, 0) is 22.4 Å². The Kier molecular flexibility index (Phi) is 9.81. The molecule has 0 aliphatic carbocycles. The maximum absolute atomic E-state index is 13.2. The number of amides is 2. The van der Waals surface area contributed by atoms with Crippen LogP contribution in [0.5, 0.6) is 0 Å². The highest BCUT2D eigenvalue weighted by Gasteiger charge is 2.15. The summed E-state index contributed by atoms with van der Waals surface area (Å²) in [5, 5.41) is 6.12. The minimum atomic E-state index is -0.473. The zero-order chi connectivity index (χ0) is 27.5. The lowest BCUT2D eigenvalue weighted by atomic mass is 10.0. The summed E-state index contributed by atoms with van der Waals surface area (Å²) in [7, 11) is 0. The highest BCUT2D eigenvalue weighted by atomic mass is 35.5. The number of carbonyl (C=O) groups excluding carboxylic acids is 3. The fourth-order valence-electron chi connectivity index (χ4n) is 4.02. The van der Waals surface area contributed by atoms with Crippen LogP contribution in [0, 0.1) is 0 Å². The van der Waals surface area contributed by atoms with Crippen LogP contribution in [0.3, 0.4) is 0 Å². The largest absolute Gasteiger partial charge is 0.321 e. The van der Waals surface area contributed by atoms with Gasteiger partial charge in [0.25, 0.3) is 11.8 Å². The molecule has 0 unspecified atom stereocenters. The Bertz CT molecular complexity index is 1430. The van der Waals surface area contributed by atoms with E-state index in [2.05, 4.69) is 22.8 Å². The predicted octanol–water partition coefficient (Wildman–Crippen LogP) is 6.88. The lowest BCUT2D eigenvalue weighted by molar-refractivity contribution is -0.118. The summed E-state index contributed by atoms with van der Waals surface area (Å²) in [6.07, 6.45) is 4.15. The molecule has 2 N–H and O–H groups in total. The summed E-state index contributed by atoms with van der Waals surface area (Å²) in [6.45, 7) is 0. The lowest BCUT2D eigenvalue weighted by Gasteiger charge is -2.12. The minimum absolute atomic E-state index is 0.0869. The van der Waals surface area contributed by atoms with Crippen molar-refractivity contribution in [2.45, 2.75) is 25.7 Å². The van der Waals surface area contributed by atoms with Gasteiger partial charge < -0.3 is 10.6 Å². The molecular formula is C33H29ClN2O3. The maximum atomic E-state index is 13.2. The quantitative estimate of drug-likeness (QED) is 0.205. The van der Waals surface area contributed by atoms with Crippen molar-refractivity contribution in [1.29, 1.82) is 0 Å². The molecule has 196 valence electrons. The predicted molar refractivity (Wildman–Crippen MR) is 156 cm³/mol. The number of ketones is 1. The van der Waals surface area contributed by atoms with Crippen molar-refractivity contribution in [1.82, 2.24) is 5.32 Å². The molecule has 39 heavy (non-hydrogen) atoms. The second kappa shape index (κ2) is 13.9. The van der Waals surface area contributed by atoms with E-state index in [1.807, 2.05) is 36.4 Å². The van der Waals surface area contributed by atoms with Crippen molar-refractivity contribution in [2.24, 2.45) is 0 Å². The monoisotopic (exact) mass is 536 g/mol. The number of carbonyl (C=O) groups is 3. The van der Waals surface area contributed by atoms with E-state index in [-0.39, 0.29) is 11.5 Å². The molecule has 2 amide bonds. The van der Waals surface area contributed by atoms with Crippen molar-refractivity contribution in [3.63, 3.8) is 0 Å². The summed E-state index contributed by atoms with van der Waals surface area (Å²) in [4.78, 5) is 38.4. The van der Waals surface area contributed by atoms with Gasteiger partial charge in [0, 0.05) is 29.1 Å². The summed E-state index contributed by atoms with van der Waals surface area (Å²) in [6, 6.07) is 32.9. The van der Waals surface area contributed by atoms with E-state index in [0.717, 1.165) is 18.4 Å². The van der Waals surface area contributed by atoms with Crippen LogP contribution in [0.4, 0.5) is 5.69 Å². The number of halogens is 1. The Morgan fingerprint density at radius 3 is 2.03 bits per heavy atom. The van der Waals surface area contributed by atoms with Crippen LogP contribution >= 0.6 is 11.6 Å². The molecule has 0 aromatic heterocycles. The standard InChI is InChI=1S/C33H29ClN2O3/c34-28-18-14-26(15-19-28)23-31(36-32(38)27-11-5-2-6-12-27)33(39)35-29-20-16-25(17-21-29)22-30(37)13-7-10-24-8-3-1-4-9-24/h1-6,8-9,11-12,14-21,23H,7,10,13,22H2,(H,35,39)(H,36,38)/b31-23-. The second-order valence-electron chi connectivity index (χ2n) is 9.14. The van der Waals surface area contributed by atoms with E-state index in [0.29, 0.717) is 34.7 Å². The van der Waals surface area contributed by atoms with Crippen molar-refractivity contribution in [3.05, 3.63) is 142 Å². The van der Waals surface area contributed by atoms with Crippen LogP contribution in [-0.4, -0.2) is 17.6 Å². The number of hydrogen-bond acceptors (Lipinski definition) is 3. The molecule has 6 heteroatoms. The van der Waals surface area contributed by atoms with Crippen LogP contribution in [0.25, 0.3) is 6.08 Å². The zero-order valence-electron chi connectivity index (χ0n) is 21.4. The molecular weight excluding hydrogens is 508 g/mol. The fourth-order valence-corrected chi connectivity index (χ4v) is 4.15. The van der Waals surface area contributed by atoms with Gasteiger partial charge >= 0.3 is 0 Å². The van der Waals surface area contributed by atoms with Gasteiger partial charge in [-0.1, -0.05) is 84.4 Å². The van der Waals surface area contributed by atoms with Crippen molar-refractivity contribution in [3.8, 4) is 0 Å². The summed E-state index contributed by atoms with van der Waals surface area (Å²) >= 11 is 5.99. The molecule has 0 radical (unpaired) electrons. The van der Waals surface area contributed by atoms with E-state index in [1.165, 1.54) is 5.56 Å². The first-order chi connectivity index (χ1) is 19.0. The van der Waals surface area contributed by atoms with Crippen molar-refractivity contribution < 1.29 is 14.4 Å². The average molecular weight is 537 g/mol. The molecule has 4 aromatic carbocycles. The fraction of sp³-hybridized carbons (Fsp3) is 0.121. The number of rotatable bonds is 11. The average Bonchev–Trinajstić information content (AvgIpc) is 2.96. The van der Waals surface area contributed by atoms with Gasteiger partial charge in [-0.15, -0.1) is 0 Å². The van der Waals surface area contributed by atoms with Gasteiger partial charge in [-0.2, -0.15) is 0 Å². The first-order valence-corrected chi connectivity index (χ1v) is 13.1. The van der Waals surface area contributed by atoms with Crippen LogP contribution < -0.4 is 10.6 Å². The van der Waals surface area contributed by atoms with E-state index in [9.17, 15) is 14.4 Å². The number of anilines is 1. The highest BCUT2D eigenvalue weighted by molar-refractivity contribution is 6.30. The lowest BCUT2D eigenvalue weighted by Crippen LogP contribution is -2.30. The van der Waals surface area contributed by atoms with E-state index in [1.54, 1.807) is 66.7 Å². The Morgan fingerprint density at radius 1 is 0.718 bits per heavy atom. The van der Waals surface area contributed by atoms with Crippen molar-refractivity contribution in [2.75, 3.05) is 5.32 Å². The Morgan fingerprint density at radius 2 is 1.36 bits per heavy atom. The third kappa shape index (κ3) is 8.80. The van der Waals surface area contributed by atoms with E-state index < -0.39 is 11.8 Å². The highest BCUT2D eigenvalue weighted by Crippen LogP contribution is 2.16. The normalized spacial score (nSPS) is 11.1. The number of benzene rings is 4. The van der Waals surface area contributed by atoms with Crippen LogP contribution in [0.2, 0.25) is 5.02 Å². The summed E-state index contributed by atoms with van der Waals surface area (Å²) < 4.78 is 0. The SMILES string of the molecule is O=C(CCCc1ccccc1)Cc1ccc(NC(=O)/C(=C/c2ccc(Cl)cc2)NC(=O)c2ccccc2)cc1. The second-order valence-corrected chi connectivity index (χ2v) is 9.57. The molecule has 0 bridgehead atoms. The zero-order valence-corrected chi connectivity index (χ0v) is 22.2. The first kappa shape index (κ1) is 27.6. The third-order valence-corrected chi connectivity index (χ3v) is 6.34. The van der Waals surface area contributed by atoms with E-state index in [4.69, 9.17) is 11.6 Å². The molecule has 5 nitrogen and oxygen atoms in total. The van der Waals surface area contributed by atoms with Crippen molar-refractivity contribution >= 4 is 41.0 Å². The molecule has 0 fully saturated rings. The van der Waals surface area contributed by atoms with E-state index >= 15 is 0 Å². The third-order valence-electron chi connectivity index (χ3n) is 6.09. The number of aryl methyl sites for hydroxylation is 1. The molecule has 4 aromatic rings. The number of Topliss-reactive ketones (excluding diaryl/α,β-unsaturated/α-hetero) is 1. The Hall–Kier alpha value is -4.48. The summed E-state index contributed by atoms with van der Waals surface area (Å²) in [5.74, 6) is -0.689. The molecule has 0 saturated heterocycles. The van der Waals surface area contributed by atoms with Gasteiger partial charge in [-0.05, 0) is 72.0 Å². The van der Waals surface area contributed by atoms with Gasteiger partial charge in [0.15, 0.2) is 0 Å². The molecule has 0 aliphatic rings. The topological polar surface area (TPSA) is 75.3 Å².